The van der Waals surface area contributed by atoms with Gasteiger partial charge in [0.2, 0.25) is 0 Å². The Balaban J connectivity index is 1.90. The maximum absolute atomic E-state index is 12.8. The summed E-state index contributed by atoms with van der Waals surface area (Å²) in [6, 6.07) is 23.5. The summed E-state index contributed by atoms with van der Waals surface area (Å²) in [4.78, 5) is 24.1. The molecule has 9 nitrogen and oxygen atoms in total. The molecule has 0 spiro atoms. The zero-order chi connectivity index (χ0) is 25.8. The number of hydrogen-bond donors (Lipinski definition) is 3. The van der Waals surface area contributed by atoms with Gasteiger partial charge < -0.3 is 24.4 Å². The van der Waals surface area contributed by atoms with E-state index in [-0.39, 0.29) is 13.2 Å². The fraction of sp³-hybridized carbons (Fsp3) is 0.148. The van der Waals surface area contributed by atoms with Crippen molar-refractivity contribution in [1.82, 2.24) is 0 Å². The van der Waals surface area contributed by atoms with Crippen LogP contribution in [0.25, 0.3) is 0 Å². The van der Waals surface area contributed by atoms with Gasteiger partial charge in [0.25, 0.3) is 0 Å². The summed E-state index contributed by atoms with van der Waals surface area (Å²) in [5.74, 6) is -0.248. The highest BCUT2D eigenvalue weighted by Gasteiger charge is 2.28. The van der Waals surface area contributed by atoms with E-state index in [1.165, 1.54) is 6.08 Å². The summed E-state index contributed by atoms with van der Waals surface area (Å²) in [5.41, 5.74) is 1.36. The van der Waals surface area contributed by atoms with Crippen molar-refractivity contribution in [1.29, 1.82) is 5.26 Å². The zero-order valence-electron chi connectivity index (χ0n) is 19.1. The fourth-order valence-electron chi connectivity index (χ4n) is 3.17. The van der Waals surface area contributed by atoms with Crippen LogP contribution in [0.2, 0.25) is 0 Å². The molecule has 36 heavy (non-hydrogen) atoms. The second kappa shape index (κ2) is 13.2. The van der Waals surface area contributed by atoms with Crippen molar-refractivity contribution >= 4 is 17.7 Å². The number of carbonyl (C=O) groups is 2. The van der Waals surface area contributed by atoms with E-state index >= 15 is 0 Å². The lowest BCUT2D eigenvalue weighted by Crippen LogP contribution is -2.29. The second-order valence-electron chi connectivity index (χ2n) is 7.37. The van der Waals surface area contributed by atoms with Crippen LogP contribution in [-0.2, 0) is 9.53 Å². The largest absolute Gasteiger partial charge is 0.491 e. The summed E-state index contributed by atoms with van der Waals surface area (Å²) in [5, 5.41) is 29.7. The van der Waals surface area contributed by atoms with Gasteiger partial charge in [0.1, 0.15) is 18.1 Å². The third-order valence-electron chi connectivity index (χ3n) is 4.81. The van der Waals surface area contributed by atoms with Crippen molar-refractivity contribution in [2.24, 2.45) is 0 Å². The summed E-state index contributed by atoms with van der Waals surface area (Å²) >= 11 is 0. The lowest BCUT2D eigenvalue weighted by Gasteiger charge is -2.26. The number of carboxylic acid groups (broad SMARTS) is 1. The number of nitrogens with one attached hydrogen (secondary N) is 1. The first kappa shape index (κ1) is 25.8. The molecule has 1 amide bonds. The molecule has 0 unspecified atom stereocenters. The number of aliphatic hydroxyl groups is 1. The molecule has 0 aromatic heterocycles. The number of nitriles is 1. The number of benzene rings is 3. The molecule has 0 saturated heterocycles. The van der Waals surface area contributed by atoms with Crippen LogP contribution in [0, 0.1) is 11.3 Å². The van der Waals surface area contributed by atoms with Gasteiger partial charge >= 0.3 is 12.1 Å². The van der Waals surface area contributed by atoms with Crippen LogP contribution < -0.4 is 14.8 Å². The second-order valence-corrected chi connectivity index (χ2v) is 7.37. The highest BCUT2D eigenvalue weighted by Crippen LogP contribution is 2.29. The zero-order valence-corrected chi connectivity index (χ0v) is 19.1. The third kappa shape index (κ3) is 7.90. The molecule has 9 heteroatoms. The van der Waals surface area contributed by atoms with Gasteiger partial charge in [0.15, 0.2) is 12.2 Å². The molecule has 0 saturated carbocycles. The highest BCUT2D eigenvalue weighted by atomic mass is 16.6. The summed E-state index contributed by atoms with van der Waals surface area (Å²) in [6.45, 7) is -0.0245. The molecular weight excluding hydrogens is 464 g/mol. The Morgan fingerprint density at radius 3 is 2.28 bits per heavy atom. The number of amides is 1. The fourth-order valence-corrected chi connectivity index (χ4v) is 3.17. The molecule has 0 bridgehead atoms. The monoisotopic (exact) mass is 488 g/mol. The first-order chi connectivity index (χ1) is 17.5. The Bertz CT molecular complexity index is 1200. The Hall–Kier alpha value is -4.81. The van der Waals surface area contributed by atoms with Gasteiger partial charge in [-0.2, -0.15) is 5.26 Å². The molecule has 0 aliphatic heterocycles. The third-order valence-corrected chi connectivity index (χ3v) is 4.81. The molecule has 3 rings (SSSR count). The van der Waals surface area contributed by atoms with Crippen LogP contribution in [-0.4, -0.2) is 41.6 Å². The smallest absolute Gasteiger partial charge is 0.412 e. The molecule has 3 aromatic rings. The summed E-state index contributed by atoms with van der Waals surface area (Å²) < 4.78 is 17.1. The van der Waals surface area contributed by atoms with E-state index in [1.807, 2.05) is 6.07 Å². The number of rotatable bonds is 11. The molecular formula is C27H24N2O7. The number of anilines is 1. The van der Waals surface area contributed by atoms with Crippen molar-refractivity contribution in [3.05, 3.63) is 102 Å². The number of para-hydroxylation sites is 1. The van der Waals surface area contributed by atoms with E-state index in [0.717, 1.165) is 6.08 Å². The Kier molecular flexibility index (Phi) is 9.44. The average molecular weight is 488 g/mol. The van der Waals surface area contributed by atoms with Gasteiger partial charge in [-0.05, 0) is 60.2 Å². The van der Waals surface area contributed by atoms with Crippen molar-refractivity contribution in [2.75, 3.05) is 18.5 Å². The van der Waals surface area contributed by atoms with Gasteiger partial charge in [0, 0.05) is 11.8 Å². The molecule has 0 aliphatic carbocycles. The maximum atomic E-state index is 12.8. The Morgan fingerprint density at radius 2 is 1.67 bits per heavy atom. The van der Waals surface area contributed by atoms with Crippen LogP contribution in [0.15, 0.2) is 91.0 Å². The quantitative estimate of drug-likeness (QED) is 0.340. The van der Waals surface area contributed by atoms with Crippen LogP contribution in [0.3, 0.4) is 0 Å². The van der Waals surface area contributed by atoms with Crippen LogP contribution in [0.4, 0.5) is 10.5 Å². The number of ether oxygens (including phenoxy) is 3. The van der Waals surface area contributed by atoms with Crippen LogP contribution >= 0.6 is 0 Å². The lowest BCUT2D eigenvalue weighted by atomic mass is 10.0. The molecule has 0 fully saturated rings. The van der Waals surface area contributed by atoms with Gasteiger partial charge in [0.05, 0.1) is 18.2 Å². The van der Waals surface area contributed by atoms with Crippen molar-refractivity contribution in [3.63, 3.8) is 0 Å². The van der Waals surface area contributed by atoms with E-state index in [2.05, 4.69) is 5.32 Å². The number of aliphatic carboxylic acids is 1. The summed E-state index contributed by atoms with van der Waals surface area (Å²) in [6.07, 6.45) is -0.645. The molecule has 0 aliphatic rings. The SMILES string of the molecule is N#Cc1ccc(NC(=O)O[C@H](c2ccc(OCCO)cc2)[C@@H](/C=C/C(=O)O)Oc2ccccc2)cc1. The van der Waals surface area contributed by atoms with Crippen LogP contribution in [0.1, 0.15) is 17.2 Å². The van der Waals surface area contributed by atoms with Gasteiger partial charge in [-0.3, -0.25) is 5.32 Å². The molecule has 3 N–H and O–H groups in total. The molecule has 0 heterocycles. The lowest BCUT2D eigenvalue weighted by molar-refractivity contribution is -0.131. The number of aliphatic hydroxyl groups excluding tert-OH is 1. The molecule has 2 atom stereocenters. The minimum Gasteiger partial charge on any atom is -0.491 e. The van der Waals surface area contributed by atoms with E-state index in [1.54, 1.807) is 78.9 Å². The highest BCUT2D eigenvalue weighted by molar-refractivity contribution is 5.85. The minimum atomic E-state index is -1.19. The minimum absolute atomic E-state index is 0.118. The van der Waals surface area contributed by atoms with E-state index in [9.17, 15) is 14.7 Å². The van der Waals surface area contributed by atoms with Gasteiger partial charge in [-0.1, -0.05) is 30.3 Å². The van der Waals surface area contributed by atoms with Gasteiger partial charge in [-0.15, -0.1) is 0 Å². The molecule has 3 aromatic carbocycles. The topological polar surface area (TPSA) is 138 Å². The molecule has 184 valence electrons. The van der Waals surface area contributed by atoms with E-state index in [4.69, 9.17) is 24.6 Å². The van der Waals surface area contributed by atoms with Crippen molar-refractivity contribution in [2.45, 2.75) is 12.2 Å². The number of carboxylic acids is 1. The normalized spacial score (nSPS) is 12.2. The predicted molar refractivity (Wildman–Crippen MR) is 131 cm³/mol. The average Bonchev–Trinajstić information content (AvgIpc) is 2.90. The van der Waals surface area contributed by atoms with Crippen molar-refractivity contribution in [3.8, 4) is 17.6 Å². The number of carbonyl (C=O) groups excluding carboxylic acids is 1. The van der Waals surface area contributed by atoms with Gasteiger partial charge in [-0.25, -0.2) is 9.59 Å². The Morgan fingerprint density at radius 1 is 0.972 bits per heavy atom. The van der Waals surface area contributed by atoms with E-state index in [0.29, 0.717) is 28.3 Å². The predicted octanol–water partition coefficient (Wildman–Crippen LogP) is 4.31. The first-order valence-corrected chi connectivity index (χ1v) is 10.9. The number of hydrogen-bond acceptors (Lipinski definition) is 7. The number of nitrogens with zero attached hydrogens (tertiary/aromatic N) is 1. The maximum Gasteiger partial charge on any atom is 0.412 e. The van der Waals surface area contributed by atoms with Crippen molar-refractivity contribution < 1.29 is 34.0 Å². The Labute approximate surface area is 207 Å². The van der Waals surface area contributed by atoms with Crippen LogP contribution in [0.5, 0.6) is 11.5 Å². The first-order valence-electron chi connectivity index (χ1n) is 10.9. The standard InChI is InChI=1S/C27H24N2O7/c28-18-19-6-10-21(11-7-19)29-27(33)36-26(20-8-12-22(13-9-20)34-17-16-30)24(14-15-25(31)32)35-23-4-2-1-3-5-23/h1-15,24,26,30H,16-17H2,(H,29,33)(H,31,32)/b15-14+/t24-,26-/m1/s1. The molecule has 0 radical (unpaired) electrons. The summed E-state index contributed by atoms with van der Waals surface area (Å²) in [7, 11) is 0. The van der Waals surface area contributed by atoms with E-state index < -0.39 is 24.3 Å².